The third kappa shape index (κ3) is 2.95. The van der Waals surface area contributed by atoms with Crippen molar-refractivity contribution in [2.24, 2.45) is 0 Å². The van der Waals surface area contributed by atoms with Crippen molar-refractivity contribution in [2.75, 3.05) is 0 Å². The minimum atomic E-state index is -0.650. The molecule has 18 heavy (non-hydrogen) atoms. The molecule has 0 amide bonds. The van der Waals surface area contributed by atoms with E-state index in [-0.39, 0.29) is 0 Å². The Balaban J connectivity index is 2.39. The highest BCUT2D eigenvalue weighted by Gasteiger charge is 2.19. The Morgan fingerprint density at radius 3 is 2.94 bits per heavy atom. The fourth-order valence-electron chi connectivity index (χ4n) is 1.87. The molecule has 1 unspecified atom stereocenters. The molecule has 0 aliphatic carbocycles. The molecule has 0 fully saturated rings. The van der Waals surface area contributed by atoms with Gasteiger partial charge < -0.3 is 5.11 Å². The molecule has 1 heterocycles. The molecule has 0 saturated heterocycles. The van der Waals surface area contributed by atoms with Gasteiger partial charge in [-0.05, 0) is 62.6 Å². The third-order valence-corrected chi connectivity index (χ3v) is 3.97. The summed E-state index contributed by atoms with van der Waals surface area (Å²) in [6.07, 6.45) is 2.07. The summed E-state index contributed by atoms with van der Waals surface area (Å²) in [6.45, 7) is 2.90. The van der Waals surface area contributed by atoms with Gasteiger partial charge in [-0.1, -0.05) is 19.1 Å². The van der Waals surface area contributed by atoms with Crippen LogP contribution in [0.1, 0.15) is 30.7 Å². The van der Waals surface area contributed by atoms with Gasteiger partial charge in [0.1, 0.15) is 6.10 Å². The average molecular weight is 421 g/mol. The fourth-order valence-corrected chi connectivity index (χ4v) is 2.95. The van der Waals surface area contributed by atoms with Crippen molar-refractivity contribution in [3.63, 3.8) is 0 Å². The maximum atomic E-state index is 10.5. The number of aryl methyl sites for hydroxylation is 1. The van der Waals surface area contributed by atoms with E-state index in [4.69, 9.17) is 0 Å². The second-order valence-electron chi connectivity index (χ2n) is 4.06. The van der Waals surface area contributed by atoms with Crippen LogP contribution in [0.5, 0.6) is 0 Å². The predicted molar refractivity (Wildman–Crippen MR) is 83.4 cm³/mol. The lowest BCUT2D eigenvalue weighted by atomic mass is 10.1. The lowest BCUT2D eigenvalue weighted by Gasteiger charge is -2.14. The molecule has 1 N–H and O–H groups in total. The third-order valence-electron chi connectivity index (χ3n) is 2.69. The molecule has 1 aromatic heterocycles. The molecule has 1 aromatic carbocycles. The number of aromatic nitrogens is 2. The summed E-state index contributed by atoms with van der Waals surface area (Å²) in [5, 5.41) is 14.8. The van der Waals surface area contributed by atoms with Gasteiger partial charge in [-0.15, -0.1) is 0 Å². The second-order valence-corrected chi connectivity index (χ2v) is 6.16. The number of hydrogen-bond acceptors (Lipinski definition) is 2. The minimum Gasteiger partial charge on any atom is -0.382 e. The Hall–Kier alpha value is -0.400. The van der Waals surface area contributed by atoms with E-state index in [1.165, 1.54) is 0 Å². The fraction of sp³-hybridized carbons (Fsp3) is 0.308. The molecule has 0 radical (unpaired) electrons. The van der Waals surface area contributed by atoms with E-state index in [1.54, 1.807) is 6.20 Å². The van der Waals surface area contributed by atoms with E-state index >= 15 is 0 Å². The van der Waals surface area contributed by atoms with Crippen LogP contribution in [0.3, 0.4) is 0 Å². The van der Waals surface area contributed by atoms with E-state index in [1.807, 2.05) is 28.9 Å². The quantitative estimate of drug-likeness (QED) is 0.765. The SMILES string of the molecule is CCCn1ncc(Br)c1C(O)c1cccc(I)c1. The molecule has 2 rings (SSSR count). The van der Waals surface area contributed by atoms with Gasteiger partial charge in [-0.25, -0.2) is 0 Å². The van der Waals surface area contributed by atoms with E-state index in [9.17, 15) is 5.11 Å². The first-order valence-corrected chi connectivity index (χ1v) is 7.65. The van der Waals surface area contributed by atoms with Crippen molar-refractivity contribution in [3.05, 3.63) is 49.8 Å². The number of nitrogens with zero attached hydrogens (tertiary/aromatic N) is 2. The first-order valence-electron chi connectivity index (χ1n) is 5.78. The lowest BCUT2D eigenvalue weighted by molar-refractivity contribution is 0.206. The number of aliphatic hydroxyl groups is 1. The van der Waals surface area contributed by atoms with E-state index < -0.39 is 6.10 Å². The zero-order valence-corrected chi connectivity index (χ0v) is 13.7. The Morgan fingerprint density at radius 1 is 1.50 bits per heavy atom. The summed E-state index contributed by atoms with van der Waals surface area (Å²) in [5.74, 6) is 0. The second kappa shape index (κ2) is 6.16. The molecule has 0 saturated carbocycles. The molecule has 0 spiro atoms. The lowest BCUT2D eigenvalue weighted by Crippen LogP contribution is -2.10. The molecule has 0 bridgehead atoms. The van der Waals surface area contributed by atoms with Crippen LogP contribution in [0, 0.1) is 3.57 Å². The van der Waals surface area contributed by atoms with Crippen LogP contribution in [0.25, 0.3) is 0 Å². The topological polar surface area (TPSA) is 38.0 Å². The highest BCUT2D eigenvalue weighted by atomic mass is 127. The Labute approximate surface area is 128 Å². The molecule has 0 aliphatic rings. The van der Waals surface area contributed by atoms with Gasteiger partial charge in [0.15, 0.2) is 0 Å². The first kappa shape index (κ1) is 14.0. The summed E-state index contributed by atoms with van der Waals surface area (Å²) in [4.78, 5) is 0. The molecule has 2 aromatic rings. The summed E-state index contributed by atoms with van der Waals surface area (Å²) in [7, 11) is 0. The van der Waals surface area contributed by atoms with Gasteiger partial charge in [0.25, 0.3) is 0 Å². The highest BCUT2D eigenvalue weighted by Crippen LogP contribution is 2.29. The maximum Gasteiger partial charge on any atom is 0.122 e. The van der Waals surface area contributed by atoms with Crippen LogP contribution in [-0.2, 0) is 6.54 Å². The van der Waals surface area contributed by atoms with Gasteiger partial charge in [-0.3, -0.25) is 4.68 Å². The van der Waals surface area contributed by atoms with Crippen LogP contribution in [0.2, 0.25) is 0 Å². The van der Waals surface area contributed by atoms with Crippen molar-refractivity contribution in [1.29, 1.82) is 0 Å². The Bertz CT molecular complexity index is 542. The van der Waals surface area contributed by atoms with Crippen molar-refractivity contribution in [3.8, 4) is 0 Å². The molecule has 0 aliphatic heterocycles. The summed E-state index contributed by atoms with van der Waals surface area (Å²) >= 11 is 5.70. The van der Waals surface area contributed by atoms with Crippen molar-refractivity contribution in [1.82, 2.24) is 9.78 Å². The predicted octanol–water partition coefficient (Wildman–Crippen LogP) is 3.74. The van der Waals surface area contributed by atoms with Gasteiger partial charge in [-0.2, -0.15) is 5.10 Å². The Morgan fingerprint density at radius 2 is 2.28 bits per heavy atom. The standard InChI is InChI=1S/C13H14BrIN2O/c1-2-6-17-12(11(14)8-16-17)13(18)9-4-3-5-10(15)7-9/h3-5,7-8,13,18H,2,6H2,1H3. The Kier molecular flexibility index (Phi) is 4.80. The number of hydrogen-bond donors (Lipinski definition) is 1. The molecule has 96 valence electrons. The van der Waals surface area contributed by atoms with E-state index in [0.717, 1.165) is 32.3 Å². The van der Waals surface area contributed by atoms with Gasteiger partial charge in [0.2, 0.25) is 0 Å². The molecule has 1 atom stereocenters. The van der Waals surface area contributed by atoms with Crippen molar-refractivity contribution in [2.45, 2.75) is 26.0 Å². The summed E-state index contributed by atoms with van der Waals surface area (Å²) in [6, 6.07) is 7.88. The van der Waals surface area contributed by atoms with Crippen LogP contribution < -0.4 is 0 Å². The average Bonchev–Trinajstić information content (AvgIpc) is 2.70. The normalized spacial score (nSPS) is 12.7. The van der Waals surface area contributed by atoms with Crippen LogP contribution in [-0.4, -0.2) is 14.9 Å². The molecular weight excluding hydrogens is 407 g/mol. The van der Waals surface area contributed by atoms with E-state index in [0.29, 0.717) is 0 Å². The van der Waals surface area contributed by atoms with Crippen LogP contribution >= 0.6 is 38.5 Å². The smallest absolute Gasteiger partial charge is 0.122 e. The van der Waals surface area contributed by atoms with Crippen LogP contribution in [0.15, 0.2) is 34.9 Å². The molecular formula is C13H14BrIN2O. The number of halogens is 2. The highest BCUT2D eigenvalue weighted by molar-refractivity contribution is 14.1. The summed E-state index contributed by atoms with van der Waals surface area (Å²) < 4.78 is 3.82. The minimum absolute atomic E-state index is 0.650. The largest absolute Gasteiger partial charge is 0.382 e. The zero-order chi connectivity index (χ0) is 13.1. The number of benzene rings is 1. The van der Waals surface area contributed by atoms with Crippen molar-refractivity contribution < 1.29 is 5.11 Å². The zero-order valence-electron chi connectivity index (χ0n) is 9.98. The summed E-state index contributed by atoms with van der Waals surface area (Å²) in [5.41, 5.74) is 1.71. The number of aliphatic hydroxyl groups excluding tert-OH is 1. The van der Waals surface area contributed by atoms with Crippen LogP contribution in [0.4, 0.5) is 0 Å². The van der Waals surface area contributed by atoms with Gasteiger partial charge in [0.05, 0.1) is 16.4 Å². The van der Waals surface area contributed by atoms with Gasteiger partial charge in [0, 0.05) is 10.1 Å². The maximum absolute atomic E-state index is 10.5. The molecule has 5 heteroatoms. The monoisotopic (exact) mass is 420 g/mol. The molecule has 3 nitrogen and oxygen atoms in total. The number of rotatable bonds is 4. The van der Waals surface area contributed by atoms with Gasteiger partial charge >= 0.3 is 0 Å². The van der Waals surface area contributed by atoms with E-state index in [2.05, 4.69) is 50.5 Å². The first-order chi connectivity index (χ1) is 8.63. The van der Waals surface area contributed by atoms with Crippen molar-refractivity contribution >= 4 is 38.5 Å².